The number of hydrogen-bond acceptors (Lipinski definition) is 0. The number of benzene rings is 8. The second-order valence-corrected chi connectivity index (χ2v) is 11.8. The van der Waals surface area contributed by atoms with E-state index in [-0.39, 0.29) is 0 Å². The smallest absolute Gasteiger partial charge is 0.0625 e. The van der Waals surface area contributed by atoms with Crippen LogP contribution in [0.5, 0.6) is 0 Å². The molecule has 10 rings (SSSR count). The molecule has 0 aliphatic heterocycles. The Hall–Kier alpha value is -5.86. The fraction of sp³-hybridized carbons (Fsp3) is 0. The Morgan fingerprint density at radius 3 is 1.66 bits per heavy atom. The minimum atomic E-state index is 1.16. The van der Waals surface area contributed by atoms with Gasteiger partial charge in [-0.15, -0.1) is 0 Å². The molecule has 2 aromatic heterocycles. The van der Waals surface area contributed by atoms with Crippen molar-refractivity contribution in [3.8, 4) is 11.4 Å². The van der Waals surface area contributed by atoms with Gasteiger partial charge in [-0.1, -0.05) is 115 Å². The maximum absolute atomic E-state index is 2.51. The largest absolute Gasteiger partial charge is 0.309 e. The van der Waals surface area contributed by atoms with Crippen LogP contribution < -0.4 is 0 Å². The number of rotatable bonds is 2. The zero-order valence-corrected chi connectivity index (χ0v) is 23.9. The summed E-state index contributed by atoms with van der Waals surface area (Å²) in [4.78, 5) is 0. The first-order valence-electron chi connectivity index (χ1n) is 15.2. The van der Waals surface area contributed by atoms with Gasteiger partial charge in [-0.25, -0.2) is 0 Å². The van der Waals surface area contributed by atoms with E-state index in [0.717, 1.165) is 5.69 Å². The summed E-state index contributed by atoms with van der Waals surface area (Å²) in [6.07, 6.45) is 0. The van der Waals surface area contributed by atoms with Crippen molar-refractivity contribution in [1.29, 1.82) is 0 Å². The standard InChI is InChI=1S/C42H26N2/c1-2-14-29(15-3-1)43-38-21-11-10-18-33(38)34-23-22-30(26-40(34)43)44-39-25-28-13-5-4-12-27(28)24-37(39)41-35-19-8-6-16-31(35)32-17-7-9-20-36(32)42(41)44/h1-26H. The predicted molar refractivity (Wildman–Crippen MR) is 188 cm³/mol. The van der Waals surface area contributed by atoms with Gasteiger partial charge in [-0.05, 0) is 69.4 Å². The highest BCUT2D eigenvalue weighted by molar-refractivity contribution is 6.33. The molecule has 2 nitrogen and oxygen atoms in total. The molecule has 0 aliphatic carbocycles. The quantitative estimate of drug-likeness (QED) is 0.187. The summed E-state index contributed by atoms with van der Waals surface area (Å²) in [5, 5.41) is 12.8. The third-order valence-corrected chi connectivity index (χ3v) is 9.43. The number of hydrogen-bond donors (Lipinski definition) is 0. The van der Waals surface area contributed by atoms with Gasteiger partial charge in [0.2, 0.25) is 0 Å². The van der Waals surface area contributed by atoms with Crippen molar-refractivity contribution in [2.24, 2.45) is 0 Å². The van der Waals surface area contributed by atoms with Crippen molar-refractivity contribution in [2.75, 3.05) is 0 Å². The molecule has 0 atom stereocenters. The number of aromatic nitrogens is 2. The molecule has 0 bridgehead atoms. The van der Waals surface area contributed by atoms with Crippen molar-refractivity contribution in [3.05, 3.63) is 158 Å². The Kier molecular flexibility index (Phi) is 4.75. The van der Waals surface area contributed by atoms with Crippen molar-refractivity contribution < 1.29 is 0 Å². The summed E-state index contributed by atoms with van der Waals surface area (Å²) in [7, 11) is 0. The fourth-order valence-electron chi connectivity index (χ4n) is 7.58. The van der Waals surface area contributed by atoms with E-state index >= 15 is 0 Å². The van der Waals surface area contributed by atoms with Gasteiger partial charge in [0.1, 0.15) is 0 Å². The first-order valence-corrected chi connectivity index (χ1v) is 15.2. The second-order valence-electron chi connectivity index (χ2n) is 11.8. The van der Waals surface area contributed by atoms with Crippen LogP contribution in [0.25, 0.3) is 87.3 Å². The van der Waals surface area contributed by atoms with E-state index in [1.165, 1.54) is 81.6 Å². The molecule has 0 saturated carbocycles. The maximum atomic E-state index is 2.51. The van der Waals surface area contributed by atoms with Crippen LogP contribution in [0.1, 0.15) is 0 Å². The van der Waals surface area contributed by atoms with Gasteiger partial charge in [-0.2, -0.15) is 0 Å². The van der Waals surface area contributed by atoms with E-state index in [2.05, 4.69) is 167 Å². The van der Waals surface area contributed by atoms with E-state index in [9.17, 15) is 0 Å². The van der Waals surface area contributed by atoms with E-state index < -0.39 is 0 Å². The monoisotopic (exact) mass is 558 g/mol. The Bertz CT molecular complexity index is 2760. The normalized spacial score (nSPS) is 12.1. The molecule has 44 heavy (non-hydrogen) atoms. The van der Waals surface area contributed by atoms with Gasteiger partial charge in [0.15, 0.2) is 0 Å². The first-order chi connectivity index (χ1) is 21.8. The van der Waals surface area contributed by atoms with Gasteiger partial charge in [-0.3, -0.25) is 0 Å². The highest BCUT2D eigenvalue weighted by Crippen LogP contribution is 2.44. The molecular weight excluding hydrogens is 532 g/mol. The molecule has 0 radical (unpaired) electrons. The molecule has 2 heterocycles. The Morgan fingerprint density at radius 1 is 0.295 bits per heavy atom. The number of fused-ring (bicyclic) bond motifs is 12. The molecule has 2 heteroatoms. The molecule has 0 saturated heterocycles. The highest BCUT2D eigenvalue weighted by Gasteiger charge is 2.21. The van der Waals surface area contributed by atoms with Crippen LogP contribution in [0.3, 0.4) is 0 Å². The van der Waals surface area contributed by atoms with Crippen LogP contribution in [0.15, 0.2) is 158 Å². The van der Waals surface area contributed by atoms with Gasteiger partial charge in [0, 0.05) is 38.3 Å². The molecule has 0 aliphatic rings. The van der Waals surface area contributed by atoms with E-state index in [0.29, 0.717) is 0 Å². The Morgan fingerprint density at radius 2 is 0.864 bits per heavy atom. The first kappa shape index (κ1) is 23.7. The minimum absolute atomic E-state index is 1.16. The van der Waals surface area contributed by atoms with E-state index in [1.807, 2.05) is 0 Å². The fourth-order valence-corrected chi connectivity index (χ4v) is 7.58. The van der Waals surface area contributed by atoms with Crippen molar-refractivity contribution >= 4 is 75.9 Å². The second kappa shape index (κ2) is 8.82. The van der Waals surface area contributed by atoms with E-state index in [1.54, 1.807) is 0 Å². The highest BCUT2D eigenvalue weighted by atomic mass is 15.0. The SMILES string of the molecule is c1ccc(-n2c3ccccc3c3ccc(-n4c5cc6ccccc6cc5c5c6ccccc6c6ccccc6c54)cc32)cc1. The average Bonchev–Trinajstić information content (AvgIpc) is 3.60. The van der Waals surface area contributed by atoms with Crippen LogP contribution in [-0.2, 0) is 0 Å². The molecule has 8 aromatic carbocycles. The summed E-state index contributed by atoms with van der Waals surface area (Å²) < 4.78 is 4.92. The molecule has 0 amide bonds. The molecule has 10 aromatic rings. The van der Waals surface area contributed by atoms with Gasteiger partial charge < -0.3 is 9.13 Å². The summed E-state index contributed by atoms with van der Waals surface area (Å²) in [5.74, 6) is 0. The zero-order valence-electron chi connectivity index (χ0n) is 23.9. The molecular formula is C42H26N2. The number of nitrogens with zero attached hydrogens (tertiary/aromatic N) is 2. The minimum Gasteiger partial charge on any atom is -0.309 e. The third-order valence-electron chi connectivity index (χ3n) is 9.43. The van der Waals surface area contributed by atoms with Gasteiger partial charge in [0.05, 0.1) is 22.1 Å². The van der Waals surface area contributed by atoms with Gasteiger partial charge >= 0.3 is 0 Å². The summed E-state index contributed by atoms with van der Waals surface area (Å²) >= 11 is 0. The van der Waals surface area contributed by atoms with Crippen LogP contribution >= 0.6 is 0 Å². The lowest BCUT2D eigenvalue weighted by molar-refractivity contribution is 1.16. The summed E-state index contributed by atoms with van der Waals surface area (Å²) in [6, 6.07) is 57.8. The summed E-state index contributed by atoms with van der Waals surface area (Å²) in [5.41, 5.74) is 7.23. The van der Waals surface area contributed by atoms with Crippen LogP contribution in [-0.4, -0.2) is 9.13 Å². The number of para-hydroxylation sites is 2. The Labute approximate surface area is 253 Å². The Balaban J connectivity index is 1.43. The van der Waals surface area contributed by atoms with Crippen LogP contribution in [0, 0.1) is 0 Å². The maximum Gasteiger partial charge on any atom is 0.0625 e. The van der Waals surface area contributed by atoms with Gasteiger partial charge in [0.25, 0.3) is 0 Å². The lowest BCUT2D eigenvalue weighted by atomic mass is 9.96. The average molecular weight is 559 g/mol. The molecule has 0 N–H and O–H groups in total. The van der Waals surface area contributed by atoms with Crippen LogP contribution in [0.2, 0.25) is 0 Å². The lowest BCUT2D eigenvalue weighted by Gasteiger charge is -2.13. The topological polar surface area (TPSA) is 9.86 Å². The lowest BCUT2D eigenvalue weighted by Crippen LogP contribution is -1.97. The molecule has 0 unspecified atom stereocenters. The van der Waals surface area contributed by atoms with Crippen molar-refractivity contribution in [2.45, 2.75) is 0 Å². The van der Waals surface area contributed by atoms with Crippen molar-refractivity contribution in [1.82, 2.24) is 9.13 Å². The summed E-state index contributed by atoms with van der Waals surface area (Å²) in [6.45, 7) is 0. The van der Waals surface area contributed by atoms with Crippen molar-refractivity contribution in [3.63, 3.8) is 0 Å². The molecule has 0 spiro atoms. The van der Waals surface area contributed by atoms with Crippen LogP contribution in [0.4, 0.5) is 0 Å². The molecule has 0 fully saturated rings. The molecule has 204 valence electrons. The van der Waals surface area contributed by atoms with E-state index in [4.69, 9.17) is 0 Å². The third kappa shape index (κ3) is 3.14. The predicted octanol–water partition coefficient (Wildman–Crippen LogP) is 11.3. The zero-order chi connectivity index (χ0) is 28.8.